The van der Waals surface area contributed by atoms with Crippen molar-refractivity contribution in [3.8, 4) is 5.75 Å². The van der Waals surface area contributed by atoms with E-state index in [1.165, 1.54) is 32.1 Å². The van der Waals surface area contributed by atoms with Crippen LogP contribution in [0.4, 0.5) is 0 Å². The molecule has 1 saturated heterocycles. The highest BCUT2D eigenvalue weighted by Gasteiger charge is 2.36. The predicted molar refractivity (Wildman–Crippen MR) is 110 cm³/mol. The van der Waals surface area contributed by atoms with E-state index in [0.29, 0.717) is 23.6 Å². The molecule has 2 fully saturated rings. The molecule has 1 unspecified atom stereocenters. The molecule has 2 heterocycles. The average Bonchev–Trinajstić information content (AvgIpc) is 3.35. The summed E-state index contributed by atoms with van der Waals surface area (Å²) in [6, 6.07) is 6.29. The van der Waals surface area contributed by atoms with Crippen LogP contribution < -0.4 is 4.74 Å². The van der Waals surface area contributed by atoms with Gasteiger partial charge in [0.05, 0.1) is 12.9 Å². The molecule has 1 atom stereocenters. The van der Waals surface area contributed by atoms with Crippen molar-refractivity contribution in [2.45, 2.75) is 57.5 Å². The lowest BCUT2D eigenvalue weighted by molar-refractivity contribution is -0.133. The van der Waals surface area contributed by atoms with Crippen LogP contribution in [0.1, 0.15) is 44.1 Å². The van der Waals surface area contributed by atoms with Gasteiger partial charge in [-0.15, -0.1) is 0 Å². The monoisotopic (exact) mass is 401 g/mol. The predicted octanol–water partition coefficient (Wildman–Crippen LogP) is 4.34. The van der Waals surface area contributed by atoms with Gasteiger partial charge in [0.15, 0.2) is 0 Å². The molecule has 0 bridgehead atoms. The summed E-state index contributed by atoms with van der Waals surface area (Å²) in [6.45, 7) is 2.21. The molecule has 4 rings (SSSR count). The minimum Gasteiger partial charge on any atom is -0.492 e. The van der Waals surface area contributed by atoms with Crippen LogP contribution in [0.2, 0.25) is 5.02 Å². The second-order valence-electron chi connectivity index (χ2n) is 7.92. The number of ether oxygens (including phenoxy) is 1. The topological polar surface area (TPSA) is 47.4 Å². The van der Waals surface area contributed by atoms with Gasteiger partial charge in [-0.25, -0.2) is 4.98 Å². The molecular formula is C22H28ClN3O2. The molecule has 1 aromatic carbocycles. The van der Waals surface area contributed by atoms with Gasteiger partial charge in [0, 0.05) is 35.9 Å². The van der Waals surface area contributed by atoms with Crippen LogP contribution in [0.3, 0.4) is 0 Å². The maximum absolute atomic E-state index is 12.9. The number of rotatable bonds is 7. The van der Waals surface area contributed by atoms with Crippen molar-refractivity contribution in [2.24, 2.45) is 5.92 Å². The van der Waals surface area contributed by atoms with Gasteiger partial charge >= 0.3 is 0 Å². The lowest BCUT2D eigenvalue weighted by atomic mass is 9.94. The number of hydrogen-bond acceptors (Lipinski definition) is 3. The molecule has 0 N–H and O–H groups in total. The summed E-state index contributed by atoms with van der Waals surface area (Å²) in [5.74, 6) is 1.14. The number of amides is 1. The second-order valence-corrected chi connectivity index (χ2v) is 8.32. The van der Waals surface area contributed by atoms with Crippen molar-refractivity contribution in [1.29, 1.82) is 0 Å². The molecular weight excluding hydrogens is 374 g/mol. The maximum Gasteiger partial charge on any atom is 0.226 e. The molecule has 150 valence electrons. The number of benzene rings is 1. The van der Waals surface area contributed by atoms with Crippen LogP contribution in [0.5, 0.6) is 5.75 Å². The summed E-state index contributed by atoms with van der Waals surface area (Å²) in [7, 11) is 0. The van der Waals surface area contributed by atoms with E-state index in [9.17, 15) is 4.79 Å². The lowest BCUT2D eigenvalue weighted by Crippen LogP contribution is -2.39. The largest absolute Gasteiger partial charge is 0.492 e. The van der Waals surface area contributed by atoms with Crippen molar-refractivity contribution in [3.05, 3.63) is 47.5 Å². The summed E-state index contributed by atoms with van der Waals surface area (Å²) >= 11 is 6.50. The van der Waals surface area contributed by atoms with E-state index in [-0.39, 0.29) is 5.92 Å². The van der Waals surface area contributed by atoms with Gasteiger partial charge in [-0.1, -0.05) is 36.9 Å². The Labute approximate surface area is 171 Å². The molecule has 1 aliphatic carbocycles. The molecule has 5 nitrogen and oxygen atoms in total. The highest BCUT2D eigenvalue weighted by atomic mass is 35.5. The van der Waals surface area contributed by atoms with E-state index in [4.69, 9.17) is 16.3 Å². The standard InChI is InChI=1S/C22H28ClN3O2/c23-21-15-20(28-13-12-25-11-9-24-16-25)7-6-17(21)14-18-8-10-26(22(18)27)19-4-2-1-3-5-19/h6-7,9,11,15-16,18-19H,1-5,8,10,12-14H2. The van der Waals surface area contributed by atoms with Crippen molar-refractivity contribution < 1.29 is 9.53 Å². The Kier molecular flexibility index (Phi) is 6.20. The van der Waals surface area contributed by atoms with Crippen LogP contribution >= 0.6 is 11.6 Å². The van der Waals surface area contributed by atoms with Gasteiger partial charge in [-0.3, -0.25) is 4.79 Å². The van der Waals surface area contributed by atoms with Gasteiger partial charge in [-0.05, 0) is 43.4 Å². The zero-order chi connectivity index (χ0) is 19.3. The van der Waals surface area contributed by atoms with Crippen LogP contribution in [0.25, 0.3) is 0 Å². The van der Waals surface area contributed by atoms with Crippen LogP contribution in [0.15, 0.2) is 36.9 Å². The molecule has 6 heteroatoms. The zero-order valence-corrected chi connectivity index (χ0v) is 17.0. The number of imidazole rings is 1. The summed E-state index contributed by atoms with van der Waals surface area (Å²) < 4.78 is 7.77. The van der Waals surface area contributed by atoms with E-state index in [0.717, 1.165) is 37.2 Å². The Hall–Kier alpha value is -2.01. The zero-order valence-electron chi connectivity index (χ0n) is 16.2. The Morgan fingerprint density at radius 3 is 2.79 bits per heavy atom. The third-order valence-electron chi connectivity index (χ3n) is 6.03. The van der Waals surface area contributed by atoms with E-state index in [1.54, 1.807) is 12.5 Å². The van der Waals surface area contributed by atoms with Crippen molar-refractivity contribution in [1.82, 2.24) is 14.5 Å². The first-order valence-corrected chi connectivity index (χ1v) is 10.8. The molecule has 28 heavy (non-hydrogen) atoms. The minimum absolute atomic E-state index is 0.0624. The smallest absolute Gasteiger partial charge is 0.226 e. The van der Waals surface area contributed by atoms with Gasteiger partial charge < -0.3 is 14.2 Å². The maximum atomic E-state index is 12.9. The second kappa shape index (κ2) is 8.99. The Balaban J connectivity index is 1.31. The highest BCUT2D eigenvalue weighted by Crippen LogP contribution is 2.32. The Morgan fingerprint density at radius 1 is 1.18 bits per heavy atom. The molecule has 2 aliphatic rings. The van der Waals surface area contributed by atoms with Crippen LogP contribution in [-0.2, 0) is 17.8 Å². The number of carbonyl (C=O) groups is 1. The van der Waals surface area contributed by atoms with E-state index in [1.807, 2.05) is 29.0 Å². The number of hydrogen-bond donors (Lipinski definition) is 0. The SMILES string of the molecule is O=C1C(Cc2ccc(OCCn3ccnc3)cc2Cl)CCN1C1CCCCC1. The fourth-order valence-corrected chi connectivity index (χ4v) is 4.69. The summed E-state index contributed by atoms with van der Waals surface area (Å²) in [5, 5.41) is 0.684. The first-order chi connectivity index (χ1) is 13.7. The van der Waals surface area contributed by atoms with E-state index >= 15 is 0 Å². The normalized spacial score (nSPS) is 20.7. The quantitative estimate of drug-likeness (QED) is 0.693. The number of likely N-dealkylation sites (tertiary alicyclic amines) is 1. The first-order valence-electron chi connectivity index (χ1n) is 10.4. The van der Waals surface area contributed by atoms with Crippen molar-refractivity contribution in [2.75, 3.05) is 13.2 Å². The fraction of sp³-hybridized carbons (Fsp3) is 0.545. The van der Waals surface area contributed by atoms with E-state index < -0.39 is 0 Å². The molecule has 1 aliphatic heterocycles. The summed E-state index contributed by atoms with van der Waals surface area (Å²) in [4.78, 5) is 19.1. The summed E-state index contributed by atoms with van der Waals surface area (Å²) in [5.41, 5.74) is 1.03. The molecule has 2 aromatic rings. The number of aromatic nitrogens is 2. The van der Waals surface area contributed by atoms with Crippen LogP contribution in [0, 0.1) is 5.92 Å². The Bertz CT molecular complexity index is 787. The lowest BCUT2D eigenvalue weighted by Gasteiger charge is -2.31. The third-order valence-corrected chi connectivity index (χ3v) is 6.39. The van der Waals surface area contributed by atoms with Crippen LogP contribution in [-0.4, -0.2) is 39.6 Å². The molecule has 1 saturated carbocycles. The van der Waals surface area contributed by atoms with Crippen molar-refractivity contribution >= 4 is 17.5 Å². The van der Waals surface area contributed by atoms with Gasteiger partial charge in [0.1, 0.15) is 12.4 Å². The molecule has 0 spiro atoms. The molecule has 0 radical (unpaired) electrons. The van der Waals surface area contributed by atoms with Gasteiger partial charge in [0.2, 0.25) is 5.91 Å². The number of halogens is 1. The first kappa shape index (κ1) is 19.3. The van der Waals surface area contributed by atoms with Gasteiger partial charge in [-0.2, -0.15) is 0 Å². The minimum atomic E-state index is 0.0624. The average molecular weight is 402 g/mol. The highest BCUT2D eigenvalue weighted by molar-refractivity contribution is 6.31. The number of nitrogens with zero attached hydrogens (tertiary/aromatic N) is 3. The summed E-state index contributed by atoms with van der Waals surface area (Å²) in [6.07, 6.45) is 13.3. The fourth-order valence-electron chi connectivity index (χ4n) is 4.44. The van der Waals surface area contributed by atoms with Gasteiger partial charge in [0.25, 0.3) is 0 Å². The third kappa shape index (κ3) is 4.52. The Morgan fingerprint density at radius 2 is 2.04 bits per heavy atom. The van der Waals surface area contributed by atoms with Crippen molar-refractivity contribution in [3.63, 3.8) is 0 Å². The molecule has 1 aromatic heterocycles. The molecule has 1 amide bonds. The van der Waals surface area contributed by atoms with E-state index in [2.05, 4.69) is 9.88 Å². The number of carbonyl (C=O) groups excluding carboxylic acids is 1.